The highest BCUT2D eigenvalue weighted by Gasteiger charge is 2.27. The van der Waals surface area contributed by atoms with Gasteiger partial charge in [0.05, 0.1) is 11.6 Å². The maximum Gasteiger partial charge on any atom is 0.231 e. The first-order chi connectivity index (χ1) is 14.8. The van der Waals surface area contributed by atoms with Crippen molar-refractivity contribution in [3.63, 3.8) is 0 Å². The lowest BCUT2D eigenvalue weighted by molar-refractivity contribution is -0.121. The van der Waals surface area contributed by atoms with Crippen molar-refractivity contribution in [2.75, 3.05) is 25.2 Å². The molecule has 1 N–H and O–H groups in total. The summed E-state index contributed by atoms with van der Waals surface area (Å²) in [5.74, 6) is 1.66. The molecular weight excluding hydrogens is 380 g/mol. The van der Waals surface area contributed by atoms with Gasteiger partial charge in [0.2, 0.25) is 12.7 Å². The Bertz CT molecular complexity index is 1030. The third kappa shape index (κ3) is 3.89. The van der Waals surface area contributed by atoms with Crippen molar-refractivity contribution < 1.29 is 14.3 Å². The van der Waals surface area contributed by atoms with Crippen LogP contribution in [0.25, 0.3) is 5.69 Å². The van der Waals surface area contributed by atoms with Crippen LogP contribution in [0.3, 0.4) is 0 Å². The molecule has 0 unspecified atom stereocenters. The van der Waals surface area contributed by atoms with Crippen LogP contribution in [-0.2, 0) is 11.3 Å². The molecule has 0 spiro atoms. The lowest BCUT2D eigenvalue weighted by Crippen LogP contribution is -2.40. The van der Waals surface area contributed by atoms with E-state index in [0.29, 0.717) is 0 Å². The number of piperidine rings is 1. The number of ether oxygens (including phenoxy) is 2. The molecule has 30 heavy (non-hydrogen) atoms. The van der Waals surface area contributed by atoms with Gasteiger partial charge in [0.15, 0.2) is 11.5 Å². The first-order valence-corrected chi connectivity index (χ1v) is 10.3. The number of nitrogens with one attached hydrogen (secondary N) is 1. The van der Waals surface area contributed by atoms with Gasteiger partial charge in [-0.2, -0.15) is 5.10 Å². The average molecular weight is 404 g/mol. The van der Waals surface area contributed by atoms with Gasteiger partial charge in [0.1, 0.15) is 0 Å². The van der Waals surface area contributed by atoms with Gasteiger partial charge in [0, 0.05) is 36.7 Å². The van der Waals surface area contributed by atoms with E-state index < -0.39 is 0 Å². The Kier molecular flexibility index (Phi) is 5.11. The van der Waals surface area contributed by atoms with E-state index in [4.69, 9.17) is 9.47 Å². The van der Waals surface area contributed by atoms with Crippen LogP contribution >= 0.6 is 0 Å². The van der Waals surface area contributed by atoms with Crippen molar-refractivity contribution >= 4 is 11.6 Å². The summed E-state index contributed by atoms with van der Waals surface area (Å²) in [7, 11) is 0. The molecule has 2 aliphatic rings. The number of rotatable bonds is 5. The molecule has 3 aromatic rings. The predicted octanol–water partition coefficient (Wildman–Crippen LogP) is 3.45. The number of likely N-dealkylation sites (tertiary alicyclic amines) is 1. The minimum absolute atomic E-state index is 0.0407. The molecule has 3 heterocycles. The molecule has 0 aliphatic carbocycles. The number of carbonyl (C=O) groups is 1. The Balaban J connectivity index is 1.24. The number of anilines is 1. The van der Waals surface area contributed by atoms with Gasteiger partial charge in [-0.3, -0.25) is 9.69 Å². The van der Waals surface area contributed by atoms with Crippen LogP contribution in [0.1, 0.15) is 18.4 Å². The monoisotopic (exact) mass is 404 g/mol. The Morgan fingerprint density at radius 1 is 1.17 bits per heavy atom. The molecule has 7 heteroatoms. The Morgan fingerprint density at radius 3 is 3.00 bits per heavy atom. The molecule has 1 atom stereocenters. The van der Waals surface area contributed by atoms with Crippen molar-refractivity contribution in [3.05, 3.63) is 66.5 Å². The molecule has 1 amide bonds. The van der Waals surface area contributed by atoms with E-state index >= 15 is 0 Å². The fourth-order valence-electron chi connectivity index (χ4n) is 4.16. The van der Waals surface area contributed by atoms with E-state index in [-0.39, 0.29) is 18.6 Å². The number of hydrogen-bond acceptors (Lipinski definition) is 5. The molecule has 5 rings (SSSR count). The predicted molar refractivity (Wildman–Crippen MR) is 113 cm³/mol. The third-order valence-electron chi connectivity index (χ3n) is 5.63. The summed E-state index contributed by atoms with van der Waals surface area (Å²) >= 11 is 0. The molecule has 1 fully saturated rings. The van der Waals surface area contributed by atoms with Crippen LogP contribution < -0.4 is 14.8 Å². The van der Waals surface area contributed by atoms with E-state index in [2.05, 4.69) is 21.4 Å². The largest absolute Gasteiger partial charge is 0.454 e. The van der Waals surface area contributed by atoms with E-state index in [1.807, 2.05) is 48.7 Å². The molecule has 1 aromatic heterocycles. The van der Waals surface area contributed by atoms with Crippen molar-refractivity contribution in [1.29, 1.82) is 0 Å². The minimum Gasteiger partial charge on any atom is -0.454 e. The summed E-state index contributed by atoms with van der Waals surface area (Å²) in [6.45, 7) is 2.73. The van der Waals surface area contributed by atoms with Crippen LogP contribution in [0, 0.1) is 5.92 Å². The number of carbonyl (C=O) groups excluding carboxylic acids is 1. The zero-order chi connectivity index (χ0) is 20.3. The second-order valence-corrected chi connectivity index (χ2v) is 7.72. The summed E-state index contributed by atoms with van der Waals surface area (Å²) in [5, 5.41) is 7.34. The standard InChI is InChI=1S/C23H24N4O3/c28-23(25-19-7-2-8-20(13-19)27-12-4-10-24-27)18-6-3-11-26(15-18)14-17-5-1-9-21-22(17)30-16-29-21/h1-2,4-5,7-10,12-13,18H,3,6,11,14-16H2,(H,25,28)/t18-/m1/s1. The maximum absolute atomic E-state index is 12.9. The number of benzene rings is 2. The van der Waals surface area contributed by atoms with Crippen LogP contribution in [0.15, 0.2) is 60.9 Å². The maximum atomic E-state index is 12.9. The van der Waals surface area contributed by atoms with Gasteiger partial charge < -0.3 is 14.8 Å². The van der Waals surface area contributed by atoms with Gasteiger partial charge in [-0.25, -0.2) is 4.68 Å². The van der Waals surface area contributed by atoms with Gasteiger partial charge in [-0.05, 0) is 49.7 Å². The van der Waals surface area contributed by atoms with Crippen LogP contribution in [-0.4, -0.2) is 40.5 Å². The van der Waals surface area contributed by atoms with E-state index in [0.717, 1.165) is 60.9 Å². The topological polar surface area (TPSA) is 68.6 Å². The van der Waals surface area contributed by atoms with Crippen molar-refractivity contribution in [2.45, 2.75) is 19.4 Å². The Morgan fingerprint density at radius 2 is 2.10 bits per heavy atom. The van der Waals surface area contributed by atoms with Crippen molar-refractivity contribution in [2.24, 2.45) is 5.92 Å². The molecule has 0 radical (unpaired) electrons. The highest BCUT2D eigenvalue weighted by Crippen LogP contribution is 2.36. The van der Waals surface area contributed by atoms with Crippen LogP contribution in [0.4, 0.5) is 5.69 Å². The van der Waals surface area contributed by atoms with E-state index in [1.54, 1.807) is 10.9 Å². The SMILES string of the molecule is O=C(Nc1cccc(-n2cccn2)c1)[C@@H]1CCCN(Cc2cccc3c2OCO3)C1. The number of hydrogen-bond donors (Lipinski definition) is 1. The van der Waals surface area contributed by atoms with Crippen molar-refractivity contribution in [3.8, 4) is 17.2 Å². The average Bonchev–Trinajstić information content (AvgIpc) is 3.47. The Hall–Kier alpha value is -3.32. The summed E-state index contributed by atoms with van der Waals surface area (Å²) < 4.78 is 12.9. The number of fused-ring (bicyclic) bond motifs is 1. The summed E-state index contributed by atoms with van der Waals surface area (Å²) in [6, 6.07) is 15.6. The molecule has 2 aliphatic heterocycles. The highest BCUT2D eigenvalue weighted by molar-refractivity contribution is 5.93. The fraction of sp³-hybridized carbons (Fsp3) is 0.304. The fourth-order valence-corrected chi connectivity index (χ4v) is 4.16. The minimum atomic E-state index is -0.0407. The summed E-state index contributed by atoms with van der Waals surface area (Å²) in [4.78, 5) is 15.3. The van der Waals surface area contributed by atoms with Gasteiger partial charge in [-0.15, -0.1) is 0 Å². The molecule has 1 saturated heterocycles. The molecule has 0 bridgehead atoms. The Labute approximate surface area is 175 Å². The molecule has 7 nitrogen and oxygen atoms in total. The number of para-hydroxylation sites is 1. The first kappa shape index (κ1) is 18.7. The van der Waals surface area contributed by atoms with E-state index in [1.165, 1.54) is 0 Å². The van der Waals surface area contributed by atoms with Gasteiger partial charge in [0.25, 0.3) is 0 Å². The molecule has 2 aromatic carbocycles. The second-order valence-electron chi connectivity index (χ2n) is 7.72. The summed E-state index contributed by atoms with van der Waals surface area (Å²) in [6.07, 6.45) is 5.52. The van der Waals surface area contributed by atoms with Crippen LogP contribution in [0.2, 0.25) is 0 Å². The molecule has 154 valence electrons. The zero-order valence-electron chi connectivity index (χ0n) is 16.7. The normalized spacial score (nSPS) is 18.3. The lowest BCUT2D eigenvalue weighted by atomic mass is 9.96. The number of aromatic nitrogens is 2. The number of nitrogens with zero attached hydrogens (tertiary/aromatic N) is 3. The lowest BCUT2D eigenvalue weighted by Gasteiger charge is -2.32. The quantitative estimate of drug-likeness (QED) is 0.705. The first-order valence-electron chi connectivity index (χ1n) is 10.3. The van der Waals surface area contributed by atoms with Crippen molar-refractivity contribution in [1.82, 2.24) is 14.7 Å². The zero-order valence-corrected chi connectivity index (χ0v) is 16.7. The van der Waals surface area contributed by atoms with Gasteiger partial charge >= 0.3 is 0 Å². The summed E-state index contributed by atoms with van der Waals surface area (Å²) in [5.41, 5.74) is 2.82. The third-order valence-corrected chi connectivity index (χ3v) is 5.63. The number of amides is 1. The second kappa shape index (κ2) is 8.20. The molecular formula is C23H24N4O3. The molecule has 0 saturated carbocycles. The smallest absolute Gasteiger partial charge is 0.231 e. The van der Waals surface area contributed by atoms with Gasteiger partial charge in [-0.1, -0.05) is 18.2 Å². The van der Waals surface area contributed by atoms with E-state index in [9.17, 15) is 4.79 Å². The van der Waals surface area contributed by atoms with Crippen LogP contribution in [0.5, 0.6) is 11.5 Å². The highest BCUT2D eigenvalue weighted by atomic mass is 16.7.